The molecule has 100 valence electrons. The third-order valence-corrected chi connectivity index (χ3v) is 2.88. The van der Waals surface area contributed by atoms with Crippen LogP contribution < -0.4 is 10.6 Å². The van der Waals surface area contributed by atoms with E-state index >= 15 is 0 Å². The number of nitrogens with zero attached hydrogens (tertiary/aromatic N) is 2. The number of hydrogen-bond acceptors (Lipinski definition) is 4. The Kier molecular flexibility index (Phi) is 5.31. The van der Waals surface area contributed by atoms with Crippen molar-refractivity contribution in [3.63, 3.8) is 0 Å². The maximum Gasteiger partial charge on any atom is 0.128 e. The molecule has 2 rings (SSSR count). The summed E-state index contributed by atoms with van der Waals surface area (Å²) in [5.74, 6) is 0.981. The molecule has 4 nitrogen and oxygen atoms in total. The van der Waals surface area contributed by atoms with Gasteiger partial charge in [0.1, 0.15) is 5.82 Å². The lowest BCUT2D eigenvalue weighted by Crippen LogP contribution is -2.18. The van der Waals surface area contributed by atoms with E-state index in [9.17, 15) is 0 Å². The van der Waals surface area contributed by atoms with Crippen LogP contribution in [-0.2, 0) is 6.54 Å². The van der Waals surface area contributed by atoms with Crippen LogP contribution in [0.5, 0.6) is 0 Å². The molecule has 0 aliphatic carbocycles. The Hall–Kier alpha value is -1.94. The highest BCUT2D eigenvalue weighted by atomic mass is 15.0. The van der Waals surface area contributed by atoms with Gasteiger partial charge in [-0.05, 0) is 43.1 Å². The predicted octanol–water partition coefficient (Wildman–Crippen LogP) is 2.38. The lowest BCUT2D eigenvalue weighted by molar-refractivity contribution is 0.661. The number of pyridine rings is 2. The number of rotatable bonds is 7. The molecule has 0 fully saturated rings. The molecule has 2 heterocycles. The van der Waals surface area contributed by atoms with E-state index in [4.69, 9.17) is 0 Å². The maximum absolute atomic E-state index is 4.30. The van der Waals surface area contributed by atoms with E-state index in [1.165, 1.54) is 11.1 Å². The molecule has 0 atom stereocenters. The zero-order chi connectivity index (χ0) is 13.3. The van der Waals surface area contributed by atoms with Crippen LogP contribution >= 0.6 is 0 Å². The number of aromatic nitrogens is 2. The summed E-state index contributed by atoms with van der Waals surface area (Å²) in [5.41, 5.74) is 2.40. The van der Waals surface area contributed by atoms with Gasteiger partial charge in [0.25, 0.3) is 0 Å². The molecule has 2 aromatic rings. The van der Waals surface area contributed by atoms with Gasteiger partial charge in [0.05, 0.1) is 0 Å². The Morgan fingerprint density at radius 3 is 2.79 bits per heavy atom. The van der Waals surface area contributed by atoms with Crippen molar-refractivity contribution in [1.29, 1.82) is 0 Å². The number of nitrogens with one attached hydrogen (secondary N) is 2. The summed E-state index contributed by atoms with van der Waals surface area (Å²) in [6.45, 7) is 4.85. The molecule has 2 N–H and O–H groups in total. The second kappa shape index (κ2) is 7.48. The summed E-state index contributed by atoms with van der Waals surface area (Å²) in [5, 5.41) is 6.75. The van der Waals surface area contributed by atoms with Crippen molar-refractivity contribution in [2.75, 3.05) is 18.4 Å². The molecule has 0 aliphatic rings. The molecule has 0 radical (unpaired) electrons. The molecular formula is C15H20N4. The van der Waals surface area contributed by atoms with Crippen LogP contribution in [0, 0.1) is 6.92 Å². The predicted molar refractivity (Wildman–Crippen MR) is 78.0 cm³/mol. The lowest BCUT2D eigenvalue weighted by atomic mass is 10.3. The average molecular weight is 256 g/mol. The highest BCUT2D eigenvalue weighted by Gasteiger charge is 1.96. The number of anilines is 1. The van der Waals surface area contributed by atoms with Crippen molar-refractivity contribution in [2.45, 2.75) is 19.9 Å². The fourth-order valence-corrected chi connectivity index (χ4v) is 1.83. The van der Waals surface area contributed by atoms with Gasteiger partial charge in [0.2, 0.25) is 0 Å². The summed E-state index contributed by atoms with van der Waals surface area (Å²) in [7, 11) is 0. The molecule has 0 amide bonds. The van der Waals surface area contributed by atoms with E-state index in [1.54, 1.807) is 6.20 Å². The van der Waals surface area contributed by atoms with Gasteiger partial charge in [0.15, 0.2) is 0 Å². The summed E-state index contributed by atoms with van der Waals surface area (Å²) in [6, 6.07) is 8.06. The summed E-state index contributed by atoms with van der Waals surface area (Å²) in [6.07, 6.45) is 6.57. The molecule has 0 spiro atoms. The molecule has 0 saturated carbocycles. The van der Waals surface area contributed by atoms with Gasteiger partial charge in [-0.25, -0.2) is 4.98 Å². The Balaban J connectivity index is 1.59. The van der Waals surface area contributed by atoms with E-state index in [2.05, 4.69) is 39.7 Å². The van der Waals surface area contributed by atoms with Crippen molar-refractivity contribution in [3.05, 3.63) is 54.0 Å². The molecule has 2 aromatic heterocycles. The molecule has 0 bridgehead atoms. The standard InChI is InChI=1S/C15H20N4/c1-13-5-2-9-18-15(13)19-10-4-8-17-12-14-6-3-7-16-11-14/h2-3,5-7,9,11,17H,4,8,10,12H2,1H3,(H,18,19). The lowest BCUT2D eigenvalue weighted by Gasteiger charge is -2.08. The van der Waals surface area contributed by atoms with Gasteiger partial charge in [-0.3, -0.25) is 4.98 Å². The number of aryl methyl sites for hydroxylation is 1. The second-order valence-corrected chi connectivity index (χ2v) is 4.49. The fraction of sp³-hybridized carbons (Fsp3) is 0.333. The smallest absolute Gasteiger partial charge is 0.128 e. The second-order valence-electron chi connectivity index (χ2n) is 4.49. The first-order valence-electron chi connectivity index (χ1n) is 6.61. The van der Waals surface area contributed by atoms with Gasteiger partial charge in [0, 0.05) is 31.7 Å². The first kappa shape index (κ1) is 13.5. The Morgan fingerprint density at radius 2 is 2.00 bits per heavy atom. The monoisotopic (exact) mass is 256 g/mol. The molecule has 4 heteroatoms. The van der Waals surface area contributed by atoms with Gasteiger partial charge in [-0.2, -0.15) is 0 Å². The Labute approximate surface area is 114 Å². The number of hydrogen-bond donors (Lipinski definition) is 2. The van der Waals surface area contributed by atoms with Crippen LogP contribution in [0.2, 0.25) is 0 Å². The molecular weight excluding hydrogens is 236 g/mol. The maximum atomic E-state index is 4.30. The minimum atomic E-state index is 0.871. The van der Waals surface area contributed by atoms with Crippen LogP contribution in [0.3, 0.4) is 0 Å². The van der Waals surface area contributed by atoms with Crippen LogP contribution in [-0.4, -0.2) is 23.1 Å². The summed E-state index contributed by atoms with van der Waals surface area (Å²) >= 11 is 0. The van der Waals surface area contributed by atoms with Crippen molar-refractivity contribution in [2.24, 2.45) is 0 Å². The summed E-state index contributed by atoms with van der Waals surface area (Å²) in [4.78, 5) is 8.39. The van der Waals surface area contributed by atoms with E-state index in [-0.39, 0.29) is 0 Å². The minimum Gasteiger partial charge on any atom is -0.370 e. The van der Waals surface area contributed by atoms with Crippen LogP contribution in [0.1, 0.15) is 17.5 Å². The van der Waals surface area contributed by atoms with Crippen molar-refractivity contribution < 1.29 is 0 Å². The zero-order valence-corrected chi connectivity index (χ0v) is 11.3. The van der Waals surface area contributed by atoms with E-state index in [0.29, 0.717) is 0 Å². The molecule has 0 aliphatic heterocycles. The molecule has 19 heavy (non-hydrogen) atoms. The van der Waals surface area contributed by atoms with Crippen LogP contribution in [0.25, 0.3) is 0 Å². The van der Waals surface area contributed by atoms with Gasteiger partial charge < -0.3 is 10.6 Å². The van der Waals surface area contributed by atoms with E-state index in [1.807, 2.05) is 24.5 Å². The van der Waals surface area contributed by atoms with E-state index in [0.717, 1.165) is 31.9 Å². The largest absolute Gasteiger partial charge is 0.370 e. The third-order valence-electron chi connectivity index (χ3n) is 2.88. The zero-order valence-electron chi connectivity index (χ0n) is 11.3. The average Bonchev–Trinajstić information content (AvgIpc) is 2.45. The minimum absolute atomic E-state index is 0.871. The van der Waals surface area contributed by atoms with Crippen LogP contribution in [0.15, 0.2) is 42.9 Å². The SMILES string of the molecule is Cc1cccnc1NCCCNCc1cccnc1. The normalized spacial score (nSPS) is 10.4. The first-order valence-corrected chi connectivity index (χ1v) is 6.61. The highest BCUT2D eigenvalue weighted by molar-refractivity contribution is 5.42. The third kappa shape index (κ3) is 4.67. The van der Waals surface area contributed by atoms with Crippen molar-refractivity contribution >= 4 is 5.82 Å². The van der Waals surface area contributed by atoms with Crippen molar-refractivity contribution in [1.82, 2.24) is 15.3 Å². The molecule has 0 saturated heterocycles. The van der Waals surface area contributed by atoms with Gasteiger partial charge >= 0.3 is 0 Å². The van der Waals surface area contributed by atoms with Crippen molar-refractivity contribution in [3.8, 4) is 0 Å². The summed E-state index contributed by atoms with van der Waals surface area (Å²) < 4.78 is 0. The van der Waals surface area contributed by atoms with Gasteiger partial charge in [-0.1, -0.05) is 12.1 Å². The van der Waals surface area contributed by atoms with Crippen LogP contribution in [0.4, 0.5) is 5.82 Å². The molecule has 0 unspecified atom stereocenters. The highest BCUT2D eigenvalue weighted by Crippen LogP contribution is 2.08. The topological polar surface area (TPSA) is 49.8 Å². The Bertz CT molecular complexity index is 485. The quantitative estimate of drug-likeness (QED) is 0.747. The Morgan fingerprint density at radius 1 is 1.11 bits per heavy atom. The van der Waals surface area contributed by atoms with E-state index < -0.39 is 0 Å². The first-order chi connectivity index (χ1) is 9.36. The fourth-order valence-electron chi connectivity index (χ4n) is 1.83. The molecule has 0 aromatic carbocycles. The van der Waals surface area contributed by atoms with Gasteiger partial charge in [-0.15, -0.1) is 0 Å².